The molecule has 0 radical (unpaired) electrons. The van der Waals surface area contributed by atoms with Crippen molar-refractivity contribution in [3.05, 3.63) is 35.1 Å². The van der Waals surface area contributed by atoms with Gasteiger partial charge in [-0.15, -0.1) is 24.0 Å². The largest absolute Gasteiger partial charge is 0.392 e. The monoisotopic (exact) mass is 397 g/mol. The standard InChI is InChI=1S/C13H20FN3O2.HI/c1-15-13(16-5-6-19-2)17-8-10-3-4-12(14)11(7-10)9-18;/h3-4,7,18H,5-6,8-9H2,1-2H3,(H2,15,16,17);1H. The van der Waals surface area contributed by atoms with Gasteiger partial charge in [0.05, 0.1) is 13.2 Å². The van der Waals surface area contributed by atoms with E-state index in [1.165, 1.54) is 6.07 Å². The summed E-state index contributed by atoms with van der Waals surface area (Å²) in [6, 6.07) is 4.65. The molecule has 0 saturated heterocycles. The normalized spacial score (nSPS) is 10.9. The van der Waals surface area contributed by atoms with Gasteiger partial charge in [-0.05, 0) is 17.7 Å². The van der Waals surface area contributed by atoms with Crippen LogP contribution in [0.5, 0.6) is 0 Å². The maximum absolute atomic E-state index is 13.2. The molecule has 0 bridgehead atoms. The lowest BCUT2D eigenvalue weighted by Gasteiger charge is -2.12. The summed E-state index contributed by atoms with van der Waals surface area (Å²) in [5.74, 6) is 0.251. The van der Waals surface area contributed by atoms with Crippen LogP contribution < -0.4 is 10.6 Å². The molecule has 5 nitrogen and oxygen atoms in total. The van der Waals surface area contributed by atoms with E-state index < -0.39 is 5.82 Å². The first-order valence-corrected chi connectivity index (χ1v) is 6.03. The SMILES string of the molecule is CN=C(NCCOC)NCc1ccc(F)c(CO)c1.I. The van der Waals surface area contributed by atoms with Gasteiger partial charge in [-0.1, -0.05) is 6.07 Å². The molecular formula is C13H21FIN3O2. The van der Waals surface area contributed by atoms with E-state index in [1.54, 1.807) is 26.3 Å². The molecule has 0 aliphatic rings. The van der Waals surface area contributed by atoms with Crippen LogP contribution in [0.4, 0.5) is 4.39 Å². The number of rotatable bonds is 6. The van der Waals surface area contributed by atoms with E-state index in [-0.39, 0.29) is 30.6 Å². The molecule has 0 aromatic heterocycles. The van der Waals surface area contributed by atoms with Crippen LogP contribution in [-0.4, -0.2) is 38.4 Å². The number of nitrogens with one attached hydrogen (secondary N) is 2. The lowest BCUT2D eigenvalue weighted by Crippen LogP contribution is -2.38. The van der Waals surface area contributed by atoms with Crippen molar-refractivity contribution < 1.29 is 14.2 Å². The zero-order chi connectivity index (χ0) is 14.1. The second-order valence-electron chi connectivity index (χ2n) is 3.93. The van der Waals surface area contributed by atoms with Crippen molar-refractivity contribution in [2.45, 2.75) is 13.2 Å². The number of aliphatic hydroxyl groups excluding tert-OH is 1. The smallest absolute Gasteiger partial charge is 0.191 e. The van der Waals surface area contributed by atoms with E-state index in [9.17, 15) is 4.39 Å². The molecule has 0 aliphatic carbocycles. The highest BCUT2D eigenvalue weighted by Gasteiger charge is 2.03. The highest BCUT2D eigenvalue weighted by molar-refractivity contribution is 14.0. The van der Waals surface area contributed by atoms with Crippen LogP contribution in [0.2, 0.25) is 0 Å². The van der Waals surface area contributed by atoms with Gasteiger partial charge in [0.25, 0.3) is 0 Å². The van der Waals surface area contributed by atoms with E-state index in [4.69, 9.17) is 9.84 Å². The summed E-state index contributed by atoms with van der Waals surface area (Å²) in [4.78, 5) is 4.05. The van der Waals surface area contributed by atoms with E-state index in [0.29, 0.717) is 31.2 Å². The third-order valence-corrected chi connectivity index (χ3v) is 2.56. The Balaban J connectivity index is 0.00000361. The van der Waals surface area contributed by atoms with Crippen LogP contribution in [-0.2, 0) is 17.9 Å². The minimum atomic E-state index is -0.395. The van der Waals surface area contributed by atoms with Crippen molar-refractivity contribution in [1.82, 2.24) is 10.6 Å². The van der Waals surface area contributed by atoms with Gasteiger partial charge in [0.15, 0.2) is 5.96 Å². The number of methoxy groups -OCH3 is 1. The van der Waals surface area contributed by atoms with Gasteiger partial charge in [-0.2, -0.15) is 0 Å². The Hall–Kier alpha value is -0.930. The molecule has 20 heavy (non-hydrogen) atoms. The van der Waals surface area contributed by atoms with Crippen LogP contribution in [0.15, 0.2) is 23.2 Å². The molecule has 0 saturated carbocycles. The molecule has 0 fully saturated rings. The quantitative estimate of drug-likeness (QED) is 0.293. The number of halogens is 2. The van der Waals surface area contributed by atoms with Crippen LogP contribution in [0.3, 0.4) is 0 Å². The first-order valence-electron chi connectivity index (χ1n) is 6.03. The summed E-state index contributed by atoms with van der Waals surface area (Å²) in [6.07, 6.45) is 0. The second kappa shape index (κ2) is 10.8. The van der Waals surface area contributed by atoms with E-state index in [0.717, 1.165) is 5.56 Å². The summed E-state index contributed by atoms with van der Waals surface area (Å²) in [7, 11) is 3.30. The number of hydrogen-bond donors (Lipinski definition) is 3. The molecule has 1 aromatic rings. The van der Waals surface area contributed by atoms with Crippen molar-refractivity contribution in [2.75, 3.05) is 27.3 Å². The lowest BCUT2D eigenvalue weighted by atomic mass is 10.1. The van der Waals surface area contributed by atoms with Crippen LogP contribution in [0.1, 0.15) is 11.1 Å². The summed E-state index contributed by atoms with van der Waals surface area (Å²) < 4.78 is 18.1. The van der Waals surface area contributed by atoms with Gasteiger partial charge in [0, 0.05) is 32.8 Å². The van der Waals surface area contributed by atoms with Crippen molar-refractivity contribution in [3.63, 3.8) is 0 Å². The minimum Gasteiger partial charge on any atom is -0.392 e. The number of aliphatic imine (C=N–C) groups is 1. The first kappa shape index (κ1) is 19.1. The molecule has 3 N–H and O–H groups in total. The highest BCUT2D eigenvalue weighted by atomic mass is 127. The fraction of sp³-hybridized carbons (Fsp3) is 0.462. The van der Waals surface area contributed by atoms with Gasteiger partial charge >= 0.3 is 0 Å². The number of guanidine groups is 1. The number of hydrogen-bond acceptors (Lipinski definition) is 3. The van der Waals surface area contributed by atoms with E-state index >= 15 is 0 Å². The fourth-order valence-corrected chi connectivity index (χ4v) is 1.54. The first-order chi connectivity index (χ1) is 9.21. The Labute approximate surface area is 135 Å². The molecule has 114 valence electrons. The maximum Gasteiger partial charge on any atom is 0.191 e. The van der Waals surface area contributed by atoms with Crippen molar-refractivity contribution in [1.29, 1.82) is 0 Å². The third kappa shape index (κ3) is 6.49. The number of aliphatic hydroxyl groups is 1. The summed E-state index contributed by atoms with van der Waals surface area (Å²) >= 11 is 0. The molecule has 0 atom stereocenters. The predicted octanol–water partition coefficient (Wildman–Crippen LogP) is 1.25. The molecule has 1 aromatic carbocycles. The zero-order valence-electron chi connectivity index (χ0n) is 11.6. The molecular weight excluding hydrogens is 376 g/mol. The maximum atomic E-state index is 13.2. The van der Waals surface area contributed by atoms with Gasteiger partial charge in [0.2, 0.25) is 0 Å². The Morgan fingerprint density at radius 3 is 2.75 bits per heavy atom. The molecule has 1 rings (SSSR count). The Bertz CT molecular complexity index is 430. The van der Waals surface area contributed by atoms with E-state index in [2.05, 4.69) is 15.6 Å². The van der Waals surface area contributed by atoms with Crippen molar-refractivity contribution in [2.24, 2.45) is 4.99 Å². The Morgan fingerprint density at radius 1 is 1.40 bits per heavy atom. The number of nitrogens with zero attached hydrogens (tertiary/aromatic N) is 1. The Kier molecular flexibility index (Phi) is 10.3. The average molecular weight is 397 g/mol. The topological polar surface area (TPSA) is 65.9 Å². The zero-order valence-corrected chi connectivity index (χ0v) is 14.0. The summed E-state index contributed by atoms with van der Waals surface area (Å²) in [6.45, 7) is 1.44. The van der Waals surface area contributed by atoms with Gasteiger partial charge in [-0.3, -0.25) is 4.99 Å². The van der Waals surface area contributed by atoms with Crippen LogP contribution in [0, 0.1) is 5.82 Å². The minimum absolute atomic E-state index is 0. The average Bonchev–Trinajstić information content (AvgIpc) is 2.44. The summed E-state index contributed by atoms with van der Waals surface area (Å²) in [5.41, 5.74) is 1.17. The predicted molar refractivity (Wildman–Crippen MR) is 87.8 cm³/mol. The lowest BCUT2D eigenvalue weighted by molar-refractivity contribution is 0.203. The molecule has 0 aliphatic heterocycles. The van der Waals surface area contributed by atoms with Crippen molar-refractivity contribution >= 4 is 29.9 Å². The van der Waals surface area contributed by atoms with Gasteiger partial charge in [0.1, 0.15) is 5.82 Å². The Morgan fingerprint density at radius 2 is 2.15 bits per heavy atom. The van der Waals surface area contributed by atoms with Crippen molar-refractivity contribution in [3.8, 4) is 0 Å². The fourth-order valence-electron chi connectivity index (χ4n) is 1.54. The van der Waals surface area contributed by atoms with E-state index in [1.807, 2.05) is 0 Å². The molecule has 0 heterocycles. The highest BCUT2D eigenvalue weighted by Crippen LogP contribution is 2.10. The molecule has 0 spiro atoms. The third-order valence-electron chi connectivity index (χ3n) is 2.56. The second-order valence-corrected chi connectivity index (χ2v) is 3.93. The number of ether oxygens (including phenoxy) is 1. The molecule has 0 amide bonds. The van der Waals surface area contributed by atoms with Crippen LogP contribution in [0.25, 0.3) is 0 Å². The number of benzene rings is 1. The van der Waals surface area contributed by atoms with Crippen LogP contribution >= 0.6 is 24.0 Å². The van der Waals surface area contributed by atoms with Gasteiger partial charge < -0.3 is 20.5 Å². The molecule has 7 heteroatoms. The van der Waals surface area contributed by atoms with Gasteiger partial charge in [-0.25, -0.2) is 4.39 Å². The molecule has 0 unspecified atom stereocenters. The summed E-state index contributed by atoms with van der Waals surface area (Å²) in [5, 5.41) is 15.2.